The molecule has 0 unspecified atom stereocenters. The number of nitrogens with zero attached hydrogens (tertiary/aromatic N) is 1. The molecule has 6 heteroatoms. The van der Waals surface area contributed by atoms with Gasteiger partial charge in [0, 0.05) is 22.3 Å². The minimum Gasteiger partial charge on any atom is -0.483 e. The number of hydrogen-bond donors (Lipinski definition) is 1. The fourth-order valence-corrected chi connectivity index (χ4v) is 3.30. The Balaban J connectivity index is 1.47. The molecule has 0 saturated carbocycles. The van der Waals surface area contributed by atoms with Crippen molar-refractivity contribution < 1.29 is 13.9 Å². The molecule has 29 heavy (non-hydrogen) atoms. The summed E-state index contributed by atoms with van der Waals surface area (Å²) in [6.45, 7) is 3.83. The van der Waals surface area contributed by atoms with Crippen LogP contribution in [0.25, 0.3) is 22.6 Å². The summed E-state index contributed by atoms with van der Waals surface area (Å²) in [6.07, 6.45) is 0. The topological polar surface area (TPSA) is 64.4 Å². The van der Waals surface area contributed by atoms with Gasteiger partial charge in [-0.25, -0.2) is 4.98 Å². The largest absolute Gasteiger partial charge is 0.483 e. The first-order chi connectivity index (χ1) is 14.0. The second-order valence-corrected chi connectivity index (χ2v) is 7.21. The third kappa shape index (κ3) is 4.25. The number of ether oxygens (including phenoxy) is 1. The normalized spacial score (nSPS) is 10.9. The lowest BCUT2D eigenvalue weighted by atomic mass is 10.1. The number of carbonyl (C=O) groups excluding carboxylic acids is 1. The molecule has 146 valence electrons. The van der Waals surface area contributed by atoms with Crippen molar-refractivity contribution >= 4 is 34.3 Å². The predicted molar refractivity (Wildman–Crippen MR) is 114 cm³/mol. The van der Waals surface area contributed by atoms with Crippen molar-refractivity contribution in [3.05, 3.63) is 76.8 Å². The van der Waals surface area contributed by atoms with E-state index in [0.29, 0.717) is 27.7 Å². The highest BCUT2D eigenvalue weighted by Gasteiger charge is 2.11. The molecule has 4 aromatic rings. The van der Waals surface area contributed by atoms with Crippen LogP contribution in [0.1, 0.15) is 11.1 Å². The van der Waals surface area contributed by atoms with Crippen LogP contribution in [-0.2, 0) is 4.79 Å². The van der Waals surface area contributed by atoms with Gasteiger partial charge in [0.1, 0.15) is 11.3 Å². The number of oxazole rings is 1. The van der Waals surface area contributed by atoms with Gasteiger partial charge in [0.15, 0.2) is 12.2 Å². The van der Waals surface area contributed by atoms with Gasteiger partial charge in [0.05, 0.1) is 0 Å². The van der Waals surface area contributed by atoms with E-state index in [1.807, 2.05) is 44.2 Å². The first kappa shape index (κ1) is 19.0. The number of benzene rings is 3. The quantitative estimate of drug-likeness (QED) is 0.456. The number of para-hydroxylation sites is 1. The van der Waals surface area contributed by atoms with E-state index in [2.05, 4.69) is 10.3 Å². The van der Waals surface area contributed by atoms with E-state index in [-0.39, 0.29) is 12.5 Å². The molecule has 5 nitrogen and oxygen atoms in total. The number of anilines is 1. The maximum Gasteiger partial charge on any atom is 0.262 e. The molecule has 0 spiro atoms. The van der Waals surface area contributed by atoms with Crippen molar-refractivity contribution in [2.45, 2.75) is 13.8 Å². The molecule has 0 aliphatic rings. The molecule has 0 atom stereocenters. The van der Waals surface area contributed by atoms with E-state index in [9.17, 15) is 4.79 Å². The van der Waals surface area contributed by atoms with Gasteiger partial charge < -0.3 is 14.5 Å². The molecule has 1 amide bonds. The zero-order valence-corrected chi connectivity index (χ0v) is 16.8. The number of carbonyl (C=O) groups is 1. The van der Waals surface area contributed by atoms with Crippen LogP contribution in [0.3, 0.4) is 0 Å². The minimum absolute atomic E-state index is 0.0755. The van der Waals surface area contributed by atoms with Gasteiger partial charge in [-0.1, -0.05) is 35.9 Å². The van der Waals surface area contributed by atoms with E-state index in [1.54, 1.807) is 30.3 Å². The Labute approximate surface area is 173 Å². The third-order valence-electron chi connectivity index (χ3n) is 4.50. The van der Waals surface area contributed by atoms with E-state index in [0.717, 1.165) is 22.4 Å². The molecule has 4 rings (SSSR count). The number of hydrogen-bond acceptors (Lipinski definition) is 4. The highest BCUT2D eigenvalue weighted by molar-refractivity contribution is 6.30. The summed E-state index contributed by atoms with van der Waals surface area (Å²) in [5, 5.41) is 3.44. The summed E-state index contributed by atoms with van der Waals surface area (Å²) >= 11 is 6.04. The molecule has 1 N–H and O–H groups in total. The molecule has 1 heterocycles. The second kappa shape index (κ2) is 7.97. The maximum atomic E-state index is 12.3. The van der Waals surface area contributed by atoms with Gasteiger partial charge in [-0.05, 0) is 55.3 Å². The van der Waals surface area contributed by atoms with Crippen LogP contribution in [0.4, 0.5) is 5.69 Å². The summed E-state index contributed by atoms with van der Waals surface area (Å²) in [4.78, 5) is 16.8. The maximum absolute atomic E-state index is 12.3. The summed E-state index contributed by atoms with van der Waals surface area (Å²) < 4.78 is 11.5. The van der Waals surface area contributed by atoms with Crippen LogP contribution in [0, 0.1) is 13.8 Å². The van der Waals surface area contributed by atoms with E-state index in [1.165, 1.54) is 0 Å². The van der Waals surface area contributed by atoms with Crippen LogP contribution < -0.4 is 10.1 Å². The summed E-state index contributed by atoms with van der Waals surface area (Å²) in [5.41, 5.74) is 4.67. The number of amides is 1. The SMILES string of the molecule is Cc1cccc(C)c1OCC(=O)Nc1ccc2nc(-c3cccc(Cl)c3)oc2c1. The minimum atomic E-state index is -0.249. The Morgan fingerprint density at radius 2 is 1.83 bits per heavy atom. The van der Waals surface area contributed by atoms with Crippen molar-refractivity contribution in [1.29, 1.82) is 0 Å². The smallest absolute Gasteiger partial charge is 0.262 e. The molecule has 0 fully saturated rings. The lowest BCUT2D eigenvalue weighted by Crippen LogP contribution is -2.20. The Bertz CT molecular complexity index is 1180. The summed E-state index contributed by atoms with van der Waals surface area (Å²) in [7, 11) is 0. The molecule has 0 aliphatic carbocycles. The van der Waals surface area contributed by atoms with Crippen LogP contribution in [0.5, 0.6) is 5.75 Å². The van der Waals surface area contributed by atoms with Gasteiger partial charge in [-0.15, -0.1) is 0 Å². The van der Waals surface area contributed by atoms with Crippen molar-refractivity contribution in [2.75, 3.05) is 11.9 Å². The van der Waals surface area contributed by atoms with Crippen LogP contribution >= 0.6 is 11.6 Å². The highest BCUT2D eigenvalue weighted by Crippen LogP contribution is 2.28. The molecular weight excluding hydrogens is 388 g/mol. The van der Waals surface area contributed by atoms with Crippen LogP contribution in [0.2, 0.25) is 5.02 Å². The number of halogens is 1. The molecule has 1 aromatic heterocycles. The van der Waals surface area contributed by atoms with Crippen molar-refractivity contribution in [2.24, 2.45) is 0 Å². The number of aromatic nitrogens is 1. The number of aryl methyl sites for hydroxylation is 2. The van der Waals surface area contributed by atoms with Gasteiger partial charge in [0.25, 0.3) is 5.91 Å². The van der Waals surface area contributed by atoms with Crippen LogP contribution in [-0.4, -0.2) is 17.5 Å². The van der Waals surface area contributed by atoms with Gasteiger partial charge in [-0.2, -0.15) is 0 Å². The molecule has 0 aliphatic heterocycles. The predicted octanol–water partition coefficient (Wildman–Crippen LogP) is 5.78. The van der Waals surface area contributed by atoms with Gasteiger partial charge in [-0.3, -0.25) is 4.79 Å². The molecule has 0 saturated heterocycles. The summed E-state index contributed by atoms with van der Waals surface area (Å²) in [6, 6.07) is 18.5. The van der Waals surface area contributed by atoms with Crippen molar-refractivity contribution in [3.63, 3.8) is 0 Å². The zero-order chi connectivity index (χ0) is 20.4. The second-order valence-electron chi connectivity index (χ2n) is 6.77. The fourth-order valence-electron chi connectivity index (χ4n) is 3.11. The average Bonchev–Trinajstić information content (AvgIpc) is 3.11. The first-order valence-corrected chi connectivity index (χ1v) is 9.53. The van der Waals surface area contributed by atoms with Crippen molar-refractivity contribution in [3.8, 4) is 17.2 Å². The van der Waals surface area contributed by atoms with Crippen LogP contribution in [0.15, 0.2) is 65.1 Å². The lowest BCUT2D eigenvalue weighted by Gasteiger charge is -2.11. The van der Waals surface area contributed by atoms with Crippen molar-refractivity contribution in [1.82, 2.24) is 4.98 Å². The monoisotopic (exact) mass is 406 g/mol. The standard InChI is InChI=1S/C23H19ClN2O3/c1-14-5-3-6-15(2)22(14)28-13-21(27)25-18-9-10-19-20(12-18)29-23(26-19)16-7-4-8-17(24)11-16/h3-12H,13H2,1-2H3,(H,25,27). The number of fused-ring (bicyclic) bond motifs is 1. The lowest BCUT2D eigenvalue weighted by molar-refractivity contribution is -0.118. The molecule has 0 bridgehead atoms. The van der Waals surface area contributed by atoms with Gasteiger partial charge >= 0.3 is 0 Å². The number of nitrogens with one attached hydrogen (secondary N) is 1. The molecular formula is C23H19ClN2O3. The van der Waals surface area contributed by atoms with E-state index < -0.39 is 0 Å². The van der Waals surface area contributed by atoms with E-state index >= 15 is 0 Å². The Morgan fingerprint density at radius 1 is 1.07 bits per heavy atom. The first-order valence-electron chi connectivity index (χ1n) is 9.15. The Hall–Kier alpha value is -3.31. The van der Waals surface area contributed by atoms with E-state index in [4.69, 9.17) is 20.8 Å². The zero-order valence-electron chi connectivity index (χ0n) is 16.0. The average molecular weight is 407 g/mol. The molecule has 3 aromatic carbocycles. The highest BCUT2D eigenvalue weighted by atomic mass is 35.5. The molecule has 0 radical (unpaired) electrons. The fraction of sp³-hybridized carbons (Fsp3) is 0.130. The third-order valence-corrected chi connectivity index (χ3v) is 4.74. The number of rotatable bonds is 5. The summed E-state index contributed by atoms with van der Waals surface area (Å²) in [5.74, 6) is 0.963. The Kier molecular flexibility index (Phi) is 5.23. The van der Waals surface area contributed by atoms with Gasteiger partial charge in [0.2, 0.25) is 5.89 Å². The Morgan fingerprint density at radius 3 is 2.59 bits per heavy atom.